The number of ether oxygens (including phenoxy) is 1. The minimum absolute atomic E-state index is 0.0512. The second-order valence-electron chi connectivity index (χ2n) is 5.30. The van der Waals surface area contributed by atoms with Crippen LogP contribution in [0.5, 0.6) is 5.75 Å². The summed E-state index contributed by atoms with van der Waals surface area (Å²) in [4.78, 5) is 11.5. The van der Waals surface area contributed by atoms with Gasteiger partial charge in [-0.05, 0) is 37.6 Å². The highest BCUT2D eigenvalue weighted by Gasteiger charge is 2.21. The van der Waals surface area contributed by atoms with Gasteiger partial charge in [0.25, 0.3) is 0 Å². The number of furan rings is 1. The van der Waals surface area contributed by atoms with Crippen LogP contribution in [0.4, 0.5) is 0 Å². The minimum atomic E-state index is -1.08. The zero-order valence-electron chi connectivity index (χ0n) is 12.4. The van der Waals surface area contributed by atoms with Crippen molar-refractivity contribution in [3.8, 4) is 16.9 Å². The molecule has 0 saturated heterocycles. The summed E-state index contributed by atoms with van der Waals surface area (Å²) in [6.07, 6.45) is 0.0512. The maximum Gasteiger partial charge on any atom is 0.372 e. The number of para-hydroxylation sites is 1. The predicted molar refractivity (Wildman–Crippen MR) is 84.4 cm³/mol. The molecule has 0 aliphatic carbocycles. The Morgan fingerprint density at radius 1 is 1.14 bits per heavy atom. The highest BCUT2D eigenvalue weighted by Crippen LogP contribution is 2.36. The second kappa shape index (κ2) is 5.56. The second-order valence-corrected chi connectivity index (χ2v) is 5.30. The lowest BCUT2D eigenvalue weighted by Gasteiger charge is -2.10. The molecule has 1 heterocycles. The van der Waals surface area contributed by atoms with Crippen LogP contribution in [0.3, 0.4) is 0 Å². The van der Waals surface area contributed by atoms with Crippen LogP contribution >= 0.6 is 0 Å². The average molecular weight is 296 g/mol. The van der Waals surface area contributed by atoms with Gasteiger partial charge in [0.2, 0.25) is 5.76 Å². The number of hydrogen-bond donors (Lipinski definition) is 1. The number of fused-ring (bicyclic) bond motifs is 1. The molecule has 1 N–H and O–H groups in total. The summed E-state index contributed by atoms with van der Waals surface area (Å²) in [5.74, 6) is -0.432. The van der Waals surface area contributed by atoms with Crippen molar-refractivity contribution < 1.29 is 19.1 Å². The third kappa shape index (κ3) is 2.55. The number of carbonyl (C=O) groups is 1. The first-order chi connectivity index (χ1) is 10.6. The van der Waals surface area contributed by atoms with Crippen LogP contribution in [0.25, 0.3) is 22.1 Å². The molecule has 3 rings (SSSR count). The van der Waals surface area contributed by atoms with Crippen molar-refractivity contribution in [2.45, 2.75) is 20.0 Å². The third-order valence-corrected chi connectivity index (χ3v) is 3.28. The molecule has 2 aromatic carbocycles. The third-order valence-electron chi connectivity index (χ3n) is 3.28. The van der Waals surface area contributed by atoms with E-state index < -0.39 is 5.97 Å². The Morgan fingerprint density at radius 2 is 1.91 bits per heavy atom. The van der Waals surface area contributed by atoms with Crippen LogP contribution in [0, 0.1) is 0 Å². The standard InChI is InChI=1S/C18H16O4/c1-11(2)21-13-7-5-6-12(10-13)16-14-8-3-4-9-15(14)22-17(16)18(19)20/h3-11H,1-2H3,(H,19,20). The molecule has 112 valence electrons. The number of carboxylic acid groups (broad SMARTS) is 1. The fraction of sp³-hybridized carbons (Fsp3) is 0.167. The van der Waals surface area contributed by atoms with Crippen molar-refractivity contribution in [1.29, 1.82) is 0 Å². The first-order valence-corrected chi connectivity index (χ1v) is 7.08. The van der Waals surface area contributed by atoms with E-state index in [1.165, 1.54) is 0 Å². The number of hydrogen-bond acceptors (Lipinski definition) is 3. The highest BCUT2D eigenvalue weighted by atomic mass is 16.5. The number of aromatic carboxylic acids is 1. The van der Waals surface area contributed by atoms with Crippen molar-refractivity contribution in [3.05, 3.63) is 54.3 Å². The van der Waals surface area contributed by atoms with E-state index >= 15 is 0 Å². The van der Waals surface area contributed by atoms with Crippen LogP contribution < -0.4 is 4.74 Å². The minimum Gasteiger partial charge on any atom is -0.491 e. The maximum absolute atomic E-state index is 11.5. The SMILES string of the molecule is CC(C)Oc1cccc(-c2c(C(=O)O)oc3ccccc23)c1. The first kappa shape index (κ1) is 14.2. The molecule has 0 aliphatic rings. The number of carboxylic acids is 1. The van der Waals surface area contributed by atoms with E-state index in [-0.39, 0.29) is 11.9 Å². The Labute approximate surface area is 127 Å². The van der Waals surface area contributed by atoms with E-state index in [0.717, 1.165) is 10.9 Å². The molecule has 0 bridgehead atoms. The van der Waals surface area contributed by atoms with E-state index in [0.29, 0.717) is 16.9 Å². The van der Waals surface area contributed by atoms with Gasteiger partial charge in [0.1, 0.15) is 11.3 Å². The zero-order valence-corrected chi connectivity index (χ0v) is 12.4. The van der Waals surface area contributed by atoms with Gasteiger partial charge in [0.05, 0.1) is 6.10 Å². The molecular formula is C18H16O4. The van der Waals surface area contributed by atoms with Gasteiger partial charge in [-0.1, -0.05) is 30.3 Å². The smallest absolute Gasteiger partial charge is 0.372 e. The van der Waals surface area contributed by atoms with Crippen molar-refractivity contribution >= 4 is 16.9 Å². The summed E-state index contributed by atoms with van der Waals surface area (Å²) in [7, 11) is 0. The van der Waals surface area contributed by atoms with Gasteiger partial charge in [-0.3, -0.25) is 0 Å². The Morgan fingerprint density at radius 3 is 2.64 bits per heavy atom. The molecule has 0 fully saturated rings. The molecule has 0 saturated carbocycles. The fourth-order valence-corrected chi connectivity index (χ4v) is 2.48. The lowest BCUT2D eigenvalue weighted by atomic mass is 10.0. The normalized spacial score (nSPS) is 11.0. The summed E-state index contributed by atoms with van der Waals surface area (Å²) in [6.45, 7) is 3.89. The van der Waals surface area contributed by atoms with Gasteiger partial charge < -0.3 is 14.3 Å². The quantitative estimate of drug-likeness (QED) is 0.765. The lowest BCUT2D eigenvalue weighted by Crippen LogP contribution is -2.05. The molecule has 0 amide bonds. The zero-order chi connectivity index (χ0) is 15.7. The van der Waals surface area contributed by atoms with E-state index in [1.54, 1.807) is 6.07 Å². The Hall–Kier alpha value is -2.75. The Bertz CT molecular complexity index is 830. The molecule has 4 nitrogen and oxygen atoms in total. The van der Waals surface area contributed by atoms with Gasteiger partial charge in [-0.15, -0.1) is 0 Å². The van der Waals surface area contributed by atoms with Gasteiger partial charge in [-0.25, -0.2) is 4.79 Å². The molecule has 4 heteroatoms. The van der Waals surface area contributed by atoms with Crippen LogP contribution in [0.15, 0.2) is 52.9 Å². The van der Waals surface area contributed by atoms with Crippen LogP contribution in [0.2, 0.25) is 0 Å². The van der Waals surface area contributed by atoms with Crippen LogP contribution in [-0.2, 0) is 0 Å². The monoisotopic (exact) mass is 296 g/mol. The Balaban J connectivity index is 2.20. The molecule has 22 heavy (non-hydrogen) atoms. The number of benzene rings is 2. The van der Waals surface area contributed by atoms with E-state index in [2.05, 4.69) is 0 Å². The van der Waals surface area contributed by atoms with Crippen molar-refractivity contribution in [1.82, 2.24) is 0 Å². The molecule has 0 aliphatic heterocycles. The summed E-state index contributed by atoms with van der Waals surface area (Å²) in [5.41, 5.74) is 1.91. The number of rotatable bonds is 4. The fourth-order valence-electron chi connectivity index (χ4n) is 2.48. The molecular weight excluding hydrogens is 280 g/mol. The van der Waals surface area contributed by atoms with E-state index in [1.807, 2.05) is 56.3 Å². The predicted octanol–water partition coefficient (Wildman–Crippen LogP) is 4.59. The van der Waals surface area contributed by atoms with Gasteiger partial charge in [0, 0.05) is 10.9 Å². The molecule has 0 spiro atoms. The molecule has 0 radical (unpaired) electrons. The van der Waals surface area contributed by atoms with Gasteiger partial charge in [0.15, 0.2) is 0 Å². The van der Waals surface area contributed by atoms with Crippen LogP contribution in [-0.4, -0.2) is 17.2 Å². The lowest BCUT2D eigenvalue weighted by molar-refractivity contribution is 0.0666. The largest absolute Gasteiger partial charge is 0.491 e. The highest BCUT2D eigenvalue weighted by molar-refractivity contribution is 6.05. The maximum atomic E-state index is 11.5. The van der Waals surface area contributed by atoms with Gasteiger partial charge >= 0.3 is 5.97 Å². The average Bonchev–Trinajstić information content (AvgIpc) is 2.86. The first-order valence-electron chi connectivity index (χ1n) is 7.08. The van der Waals surface area contributed by atoms with Gasteiger partial charge in [-0.2, -0.15) is 0 Å². The Kier molecular flexibility index (Phi) is 3.59. The van der Waals surface area contributed by atoms with Crippen molar-refractivity contribution in [3.63, 3.8) is 0 Å². The summed E-state index contributed by atoms with van der Waals surface area (Å²) < 4.78 is 11.2. The van der Waals surface area contributed by atoms with Crippen molar-refractivity contribution in [2.24, 2.45) is 0 Å². The topological polar surface area (TPSA) is 59.7 Å². The van der Waals surface area contributed by atoms with Crippen LogP contribution in [0.1, 0.15) is 24.4 Å². The molecule has 0 unspecified atom stereocenters. The van der Waals surface area contributed by atoms with Crippen molar-refractivity contribution in [2.75, 3.05) is 0 Å². The summed E-state index contributed by atoms with van der Waals surface area (Å²) >= 11 is 0. The van der Waals surface area contributed by atoms with E-state index in [9.17, 15) is 9.90 Å². The molecule has 1 aromatic heterocycles. The van der Waals surface area contributed by atoms with E-state index in [4.69, 9.17) is 9.15 Å². The molecule has 3 aromatic rings. The summed E-state index contributed by atoms with van der Waals surface area (Å²) in [5, 5.41) is 10.2. The molecule has 0 atom stereocenters. The summed E-state index contributed by atoms with van der Waals surface area (Å²) in [6, 6.07) is 14.7.